The highest BCUT2D eigenvalue weighted by molar-refractivity contribution is 6.17. The first-order valence-electron chi connectivity index (χ1n) is 13.7. The Morgan fingerprint density at radius 2 is 0.903 bits per heavy atom. The summed E-state index contributed by atoms with van der Waals surface area (Å²) in [6, 6.07) is 0. The van der Waals surface area contributed by atoms with E-state index in [1.54, 1.807) is 0 Å². The largest absolute Gasteiger partial charge is 0.327 e. The molecule has 0 radical (unpaired) electrons. The van der Waals surface area contributed by atoms with Crippen molar-refractivity contribution in [3.8, 4) is 0 Å². The Bertz CT molecular complexity index is 330. The molecule has 0 fully saturated rings. The average Bonchev–Trinajstić information content (AvgIpc) is 2.79. The Morgan fingerprint density at radius 3 is 1.29 bits per heavy atom. The lowest BCUT2D eigenvalue weighted by molar-refractivity contribution is -0.406. The molecule has 0 aliphatic heterocycles. The summed E-state index contributed by atoms with van der Waals surface area (Å²) in [7, 11) is 0. The summed E-state index contributed by atoms with van der Waals surface area (Å²) >= 11 is 5.80. The number of unbranched alkanes of at least 4 members (excludes halogenated alkanes) is 10. The molecule has 0 bridgehead atoms. The van der Waals surface area contributed by atoms with Crippen molar-refractivity contribution in [2.45, 2.75) is 143 Å². The molecule has 188 valence electrons. The molecular weight excluding hydrogens is 408 g/mol. The fourth-order valence-electron chi connectivity index (χ4n) is 4.07. The van der Waals surface area contributed by atoms with Crippen LogP contribution in [0, 0.1) is 5.92 Å². The lowest BCUT2D eigenvalue weighted by Gasteiger charge is -2.40. The van der Waals surface area contributed by atoms with Gasteiger partial charge in [0.15, 0.2) is 0 Å². The third-order valence-electron chi connectivity index (χ3n) is 5.86. The van der Waals surface area contributed by atoms with Gasteiger partial charge in [-0.25, -0.2) is 0 Å². The van der Waals surface area contributed by atoms with Crippen molar-refractivity contribution in [1.29, 1.82) is 0 Å². The van der Waals surface area contributed by atoms with Gasteiger partial charge >= 0.3 is 0 Å². The number of ether oxygens (including phenoxy) is 3. The Balaban J connectivity index is 5.00. The highest BCUT2D eigenvalue weighted by atomic mass is 35.5. The maximum absolute atomic E-state index is 6.39. The van der Waals surface area contributed by atoms with E-state index in [4.69, 9.17) is 25.8 Å². The average molecular weight is 463 g/mol. The fourth-order valence-corrected chi connectivity index (χ4v) is 4.26. The number of alkyl halides is 1. The van der Waals surface area contributed by atoms with E-state index in [9.17, 15) is 0 Å². The summed E-state index contributed by atoms with van der Waals surface area (Å²) in [5.74, 6) is 0.247. The monoisotopic (exact) mass is 462 g/mol. The molecule has 0 aromatic heterocycles. The van der Waals surface area contributed by atoms with Gasteiger partial charge in [0.05, 0.1) is 19.8 Å². The van der Waals surface area contributed by atoms with E-state index in [-0.39, 0.29) is 0 Å². The molecule has 1 unspecified atom stereocenters. The molecule has 1 atom stereocenters. The van der Waals surface area contributed by atoms with Crippen molar-refractivity contribution in [2.24, 2.45) is 5.92 Å². The molecule has 0 N–H and O–H groups in total. The molecule has 0 aromatic rings. The third kappa shape index (κ3) is 16.4. The SMILES string of the molecule is CCCCCCCCC(CCCCCCCCCl)C(OCCC)(OCCC)OCCC. The van der Waals surface area contributed by atoms with Gasteiger partial charge in [0.1, 0.15) is 0 Å². The van der Waals surface area contributed by atoms with Gasteiger partial charge < -0.3 is 14.2 Å². The quantitative estimate of drug-likeness (QED) is 0.0767. The van der Waals surface area contributed by atoms with Crippen LogP contribution in [0.3, 0.4) is 0 Å². The molecule has 31 heavy (non-hydrogen) atoms. The van der Waals surface area contributed by atoms with Crippen LogP contribution in [0.1, 0.15) is 137 Å². The van der Waals surface area contributed by atoms with E-state index < -0.39 is 5.97 Å². The smallest absolute Gasteiger partial charge is 0.285 e. The van der Waals surface area contributed by atoms with Crippen molar-refractivity contribution in [3.05, 3.63) is 0 Å². The molecule has 0 aliphatic rings. The van der Waals surface area contributed by atoms with Crippen LogP contribution in [0.25, 0.3) is 0 Å². The van der Waals surface area contributed by atoms with Crippen LogP contribution in [-0.2, 0) is 14.2 Å². The van der Waals surface area contributed by atoms with Gasteiger partial charge in [-0.05, 0) is 38.5 Å². The lowest BCUT2D eigenvalue weighted by Crippen LogP contribution is -2.47. The number of halogens is 1. The van der Waals surface area contributed by atoms with Crippen LogP contribution >= 0.6 is 11.6 Å². The molecule has 3 nitrogen and oxygen atoms in total. The second kappa shape index (κ2) is 23.3. The van der Waals surface area contributed by atoms with Crippen molar-refractivity contribution in [1.82, 2.24) is 0 Å². The van der Waals surface area contributed by atoms with Crippen LogP contribution in [0.2, 0.25) is 0 Å². The number of rotatable bonds is 25. The minimum Gasteiger partial charge on any atom is -0.327 e. The van der Waals surface area contributed by atoms with Gasteiger partial charge in [-0.1, -0.05) is 98.3 Å². The first kappa shape index (κ1) is 31.2. The summed E-state index contributed by atoms with van der Waals surface area (Å²) in [6.45, 7) is 10.8. The Kier molecular flexibility index (Phi) is 23.5. The second-order valence-corrected chi connectivity index (χ2v) is 9.38. The van der Waals surface area contributed by atoms with Crippen LogP contribution in [0.15, 0.2) is 0 Å². The summed E-state index contributed by atoms with van der Waals surface area (Å²) < 4.78 is 19.2. The molecule has 0 amide bonds. The predicted octanol–water partition coefficient (Wildman–Crippen LogP) is 9.26. The Hall–Kier alpha value is 0.170. The van der Waals surface area contributed by atoms with E-state index in [0.717, 1.165) is 44.4 Å². The van der Waals surface area contributed by atoms with Gasteiger partial charge in [0.2, 0.25) is 0 Å². The van der Waals surface area contributed by atoms with Gasteiger partial charge in [-0.2, -0.15) is 0 Å². The zero-order valence-corrected chi connectivity index (χ0v) is 22.3. The summed E-state index contributed by atoms with van der Waals surface area (Å²) in [6.07, 6.45) is 20.6. The fraction of sp³-hybridized carbons (Fsp3) is 1.00. The molecule has 4 heteroatoms. The Morgan fingerprint density at radius 1 is 0.516 bits per heavy atom. The van der Waals surface area contributed by atoms with Crippen LogP contribution in [0.4, 0.5) is 0 Å². The topological polar surface area (TPSA) is 27.7 Å². The minimum atomic E-state index is -0.857. The van der Waals surface area contributed by atoms with E-state index in [0.29, 0.717) is 25.7 Å². The van der Waals surface area contributed by atoms with Gasteiger partial charge in [-0.15, -0.1) is 11.6 Å². The molecule has 0 spiro atoms. The number of hydrogen-bond donors (Lipinski definition) is 0. The molecule has 0 saturated heterocycles. The molecule has 0 saturated carbocycles. The Labute approximate surface area is 200 Å². The first-order valence-corrected chi connectivity index (χ1v) is 14.2. The third-order valence-corrected chi connectivity index (χ3v) is 6.13. The standard InChI is InChI=1S/C27H55ClO3/c1-5-9-10-11-14-17-20-26(21-18-15-12-13-16-19-22-28)27(29-23-6-2,30-24-7-3)31-25-8-4/h26H,5-25H2,1-4H3. The van der Waals surface area contributed by atoms with Crippen molar-refractivity contribution in [2.75, 3.05) is 25.7 Å². The molecule has 0 aromatic carbocycles. The highest BCUT2D eigenvalue weighted by Gasteiger charge is 2.41. The molecule has 0 rings (SSSR count). The van der Waals surface area contributed by atoms with Crippen molar-refractivity contribution < 1.29 is 14.2 Å². The molecule has 0 heterocycles. The normalized spacial score (nSPS) is 13.1. The summed E-state index contributed by atoms with van der Waals surface area (Å²) in [4.78, 5) is 0. The summed E-state index contributed by atoms with van der Waals surface area (Å²) in [5.41, 5.74) is 0. The van der Waals surface area contributed by atoms with Crippen molar-refractivity contribution >= 4 is 11.6 Å². The first-order chi connectivity index (χ1) is 15.2. The van der Waals surface area contributed by atoms with E-state index in [2.05, 4.69) is 27.7 Å². The van der Waals surface area contributed by atoms with Crippen LogP contribution in [0.5, 0.6) is 0 Å². The van der Waals surface area contributed by atoms with Gasteiger partial charge in [-0.3, -0.25) is 0 Å². The molecular formula is C27H55ClO3. The van der Waals surface area contributed by atoms with Gasteiger partial charge in [0.25, 0.3) is 5.97 Å². The van der Waals surface area contributed by atoms with E-state index in [1.165, 1.54) is 70.6 Å². The summed E-state index contributed by atoms with van der Waals surface area (Å²) in [5, 5.41) is 0. The van der Waals surface area contributed by atoms with Gasteiger partial charge in [0, 0.05) is 11.8 Å². The predicted molar refractivity (Wildman–Crippen MR) is 136 cm³/mol. The zero-order chi connectivity index (χ0) is 23.0. The van der Waals surface area contributed by atoms with Crippen LogP contribution in [-0.4, -0.2) is 31.7 Å². The number of hydrogen-bond acceptors (Lipinski definition) is 3. The maximum Gasteiger partial charge on any atom is 0.285 e. The van der Waals surface area contributed by atoms with Crippen molar-refractivity contribution in [3.63, 3.8) is 0 Å². The second-order valence-electron chi connectivity index (χ2n) is 9.00. The molecule has 0 aliphatic carbocycles. The maximum atomic E-state index is 6.39. The zero-order valence-electron chi connectivity index (χ0n) is 21.5. The van der Waals surface area contributed by atoms with E-state index in [1.807, 2.05) is 0 Å². The van der Waals surface area contributed by atoms with E-state index >= 15 is 0 Å². The minimum absolute atomic E-state index is 0.311. The highest BCUT2D eigenvalue weighted by Crippen LogP contribution is 2.35. The van der Waals surface area contributed by atoms with Crippen LogP contribution < -0.4 is 0 Å². The lowest BCUT2D eigenvalue weighted by atomic mass is 9.91.